The molecule has 0 atom stereocenters. The Bertz CT molecular complexity index is 742. The van der Waals surface area contributed by atoms with Gasteiger partial charge in [0.15, 0.2) is 5.69 Å². The molecule has 112 valence electrons. The van der Waals surface area contributed by atoms with E-state index >= 15 is 0 Å². The third kappa shape index (κ3) is 3.29. The molecule has 0 saturated carbocycles. The normalized spacial score (nSPS) is 11.1. The standard InChI is InChI=1S/C15H13ClN4O2/c1-18-7-10(6-17)13-14(15(21)22)19-8-12(20-13)9-2-4-11(16)5-3-9/h2-8,17-18H,1H3,(H,21,22)/b10-7+,17-6?. The number of nitrogens with one attached hydrogen (secondary N) is 2. The zero-order valence-corrected chi connectivity index (χ0v) is 12.4. The zero-order chi connectivity index (χ0) is 16.1. The number of aromatic nitrogens is 2. The molecule has 1 aromatic heterocycles. The van der Waals surface area contributed by atoms with Crippen LogP contribution in [0.4, 0.5) is 0 Å². The van der Waals surface area contributed by atoms with Crippen LogP contribution in [-0.2, 0) is 0 Å². The van der Waals surface area contributed by atoms with Gasteiger partial charge in [-0.25, -0.2) is 14.8 Å². The lowest BCUT2D eigenvalue weighted by Gasteiger charge is -2.08. The number of nitrogens with zero attached hydrogens (tertiary/aromatic N) is 2. The molecule has 2 aromatic rings. The van der Waals surface area contributed by atoms with Gasteiger partial charge in [0.05, 0.1) is 11.9 Å². The number of rotatable bonds is 5. The Hall–Kier alpha value is -2.73. The number of hydrogen-bond donors (Lipinski definition) is 3. The maximum atomic E-state index is 11.3. The average Bonchev–Trinajstić information content (AvgIpc) is 2.52. The summed E-state index contributed by atoms with van der Waals surface area (Å²) >= 11 is 5.85. The largest absolute Gasteiger partial charge is 0.476 e. The van der Waals surface area contributed by atoms with Crippen molar-refractivity contribution in [1.29, 1.82) is 5.41 Å². The zero-order valence-electron chi connectivity index (χ0n) is 11.7. The Morgan fingerprint density at radius 2 is 2.00 bits per heavy atom. The van der Waals surface area contributed by atoms with E-state index in [1.807, 2.05) is 0 Å². The van der Waals surface area contributed by atoms with Gasteiger partial charge in [0.25, 0.3) is 0 Å². The molecule has 1 aromatic carbocycles. The van der Waals surface area contributed by atoms with Gasteiger partial charge in [-0.05, 0) is 12.1 Å². The highest BCUT2D eigenvalue weighted by molar-refractivity contribution is 6.30. The van der Waals surface area contributed by atoms with E-state index in [4.69, 9.17) is 17.0 Å². The number of halogens is 1. The van der Waals surface area contributed by atoms with E-state index in [2.05, 4.69) is 15.3 Å². The summed E-state index contributed by atoms with van der Waals surface area (Å²) in [5.41, 5.74) is 1.50. The number of carboxylic acids is 1. The number of hydrogen-bond acceptors (Lipinski definition) is 5. The van der Waals surface area contributed by atoms with Crippen LogP contribution in [0.1, 0.15) is 16.2 Å². The van der Waals surface area contributed by atoms with Gasteiger partial charge in [0.2, 0.25) is 0 Å². The highest BCUT2D eigenvalue weighted by atomic mass is 35.5. The molecular formula is C15H13ClN4O2. The van der Waals surface area contributed by atoms with Gasteiger partial charge in [0.1, 0.15) is 5.69 Å². The summed E-state index contributed by atoms with van der Waals surface area (Å²) < 4.78 is 0. The van der Waals surface area contributed by atoms with Crippen molar-refractivity contribution in [3.63, 3.8) is 0 Å². The van der Waals surface area contributed by atoms with Crippen LogP contribution in [0, 0.1) is 5.41 Å². The Kier molecular flexibility index (Phi) is 4.85. The minimum atomic E-state index is -1.20. The topological polar surface area (TPSA) is 99.0 Å². The Morgan fingerprint density at radius 3 is 2.55 bits per heavy atom. The predicted molar refractivity (Wildman–Crippen MR) is 85.3 cm³/mol. The van der Waals surface area contributed by atoms with Crippen LogP contribution in [0.3, 0.4) is 0 Å². The van der Waals surface area contributed by atoms with Crippen molar-refractivity contribution in [2.45, 2.75) is 0 Å². The minimum absolute atomic E-state index is 0.129. The average molecular weight is 317 g/mol. The highest BCUT2D eigenvalue weighted by Crippen LogP contribution is 2.22. The van der Waals surface area contributed by atoms with Crippen molar-refractivity contribution in [1.82, 2.24) is 15.3 Å². The Labute approximate surface area is 132 Å². The van der Waals surface area contributed by atoms with Crippen molar-refractivity contribution in [2.75, 3.05) is 7.05 Å². The fourth-order valence-electron chi connectivity index (χ4n) is 1.84. The van der Waals surface area contributed by atoms with Crippen LogP contribution >= 0.6 is 11.6 Å². The molecule has 0 saturated heterocycles. The molecule has 0 aliphatic rings. The first-order chi connectivity index (χ1) is 10.6. The number of benzene rings is 1. The maximum Gasteiger partial charge on any atom is 0.356 e. The number of aromatic carboxylic acids is 1. The molecule has 7 heteroatoms. The van der Waals surface area contributed by atoms with E-state index in [0.717, 1.165) is 11.8 Å². The van der Waals surface area contributed by atoms with Gasteiger partial charge in [-0.15, -0.1) is 0 Å². The highest BCUT2D eigenvalue weighted by Gasteiger charge is 2.17. The van der Waals surface area contributed by atoms with Gasteiger partial charge in [0, 0.05) is 35.6 Å². The molecular weight excluding hydrogens is 304 g/mol. The smallest absolute Gasteiger partial charge is 0.356 e. The summed E-state index contributed by atoms with van der Waals surface area (Å²) in [6, 6.07) is 6.96. The van der Waals surface area contributed by atoms with Crippen molar-refractivity contribution >= 4 is 29.4 Å². The summed E-state index contributed by atoms with van der Waals surface area (Å²) in [5, 5.41) is 20.0. The molecule has 0 fully saturated rings. The third-order valence-electron chi connectivity index (χ3n) is 2.84. The monoisotopic (exact) mass is 316 g/mol. The summed E-state index contributed by atoms with van der Waals surface area (Å²) in [4.78, 5) is 19.6. The van der Waals surface area contributed by atoms with Crippen molar-refractivity contribution in [3.8, 4) is 11.3 Å². The minimum Gasteiger partial charge on any atom is -0.476 e. The quantitative estimate of drug-likeness (QED) is 0.737. The van der Waals surface area contributed by atoms with Crippen LogP contribution in [0.25, 0.3) is 16.8 Å². The predicted octanol–water partition coefficient (Wildman–Crippen LogP) is 2.71. The van der Waals surface area contributed by atoms with Gasteiger partial charge in [-0.1, -0.05) is 23.7 Å². The first kappa shape index (κ1) is 15.7. The maximum absolute atomic E-state index is 11.3. The Morgan fingerprint density at radius 1 is 1.32 bits per heavy atom. The molecule has 3 N–H and O–H groups in total. The summed E-state index contributed by atoms with van der Waals surface area (Å²) in [7, 11) is 1.65. The molecule has 0 radical (unpaired) electrons. The van der Waals surface area contributed by atoms with Gasteiger partial charge < -0.3 is 15.8 Å². The first-order valence-electron chi connectivity index (χ1n) is 6.31. The second kappa shape index (κ2) is 6.82. The van der Waals surface area contributed by atoms with Crippen molar-refractivity contribution in [3.05, 3.63) is 53.1 Å². The third-order valence-corrected chi connectivity index (χ3v) is 3.10. The fraction of sp³-hybridized carbons (Fsp3) is 0.0667. The van der Waals surface area contributed by atoms with E-state index in [-0.39, 0.29) is 11.4 Å². The lowest BCUT2D eigenvalue weighted by atomic mass is 10.1. The number of allylic oxidation sites excluding steroid dienone is 1. The van der Waals surface area contributed by atoms with E-state index in [1.54, 1.807) is 31.3 Å². The van der Waals surface area contributed by atoms with E-state index in [9.17, 15) is 9.90 Å². The molecule has 2 rings (SSSR count). The lowest BCUT2D eigenvalue weighted by molar-refractivity contribution is 0.0689. The molecule has 0 aliphatic heterocycles. The summed E-state index contributed by atoms with van der Waals surface area (Å²) in [5.74, 6) is -1.20. The molecule has 0 unspecified atom stereocenters. The van der Waals surface area contributed by atoms with Crippen molar-refractivity contribution in [2.24, 2.45) is 0 Å². The number of carboxylic acid groups (broad SMARTS) is 1. The van der Waals surface area contributed by atoms with E-state index in [1.165, 1.54) is 12.4 Å². The van der Waals surface area contributed by atoms with Crippen LogP contribution in [0.5, 0.6) is 0 Å². The molecule has 0 aliphatic carbocycles. The first-order valence-corrected chi connectivity index (χ1v) is 6.69. The van der Waals surface area contributed by atoms with E-state index in [0.29, 0.717) is 16.3 Å². The van der Waals surface area contributed by atoms with Crippen LogP contribution in [0.15, 0.2) is 36.7 Å². The Balaban J connectivity index is 2.61. The molecule has 1 heterocycles. The summed E-state index contributed by atoms with van der Waals surface area (Å²) in [6.45, 7) is 0. The van der Waals surface area contributed by atoms with Crippen LogP contribution in [0.2, 0.25) is 5.02 Å². The lowest BCUT2D eigenvalue weighted by Crippen LogP contribution is -2.10. The molecule has 22 heavy (non-hydrogen) atoms. The molecule has 0 spiro atoms. The second-order valence-corrected chi connectivity index (χ2v) is 4.73. The second-order valence-electron chi connectivity index (χ2n) is 4.30. The number of carbonyl (C=O) groups is 1. The summed E-state index contributed by atoms with van der Waals surface area (Å²) in [6.07, 6.45) is 3.91. The van der Waals surface area contributed by atoms with Crippen molar-refractivity contribution < 1.29 is 9.90 Å². The fourth-order valence-corrected chi connectivity index (χ4v) is 1.97. The van der Waals surface area contributed by atoms with Crippen LogP contribution < -0.4 is 5.32 Å². The molecule has 6 nitrogen and oxygen atoms in total. The van der Waals surface area contributed by atoms with E-state index < -0.39 is 5.97 Å². The SMILES string of the molecule is CN/C=C(\C=N)c1nc(-c2ccc(Cl)cc2)cnc1C(=O)O. The van der Waals surface area contributed by atoms with Gasteiger partial charge in [-0.3, -0.25) is 0 Å². The molecule has 0 bridgehead atoms. The molecule has 0 amide bonds. The van der Waals surface area contributed by atoms with Crippen LogP contribution in [-0.4, -0.2) is 34.3 Å². The van der Waals surface area contributed by atoms with Gasteiger partial charge in [-0.2, -0.15) is 0 Å². The van der Waals surface area contributed by atoms with Gasteiger partial charge >= 0.3 is 5.97 Å².